The van der Waals surface area contributed by atoms with E-state index in [0.717, 1.165) is 44.0 Å². The van der Waals surface area contributed by atoms with Gasteiger partial charge in [-0.1, -0.05) is 42.5 Å². The third-order valence-electron chi connectivity index (χ3n) is 4.66. The Labute approximate surface area is 159 Å². The third-order valence-corrected chi connectivity index (χ3v) is 4.66. The van der Waals surface area contributed by atoms with Gasteiger partial charge in [0.2, 0.25) is 0 Å². The SMILES string of the molecule is O=C(NCCc1ccc(F)cc1)NC(CN1CCOCC1)c1ccccc1. The van der Waals surface area contributed by atoms with Crippen LogP contribution in [-0.2, 0) is 11.2 Å². The molecule has 1 atom stereocenters. The van der Waals surface area contributed by atoms with Crippen LogP contribution in [0.1, 0.15) is 17.2 Å². The van der Waals surface area contributed by atoms with Crippen molar-refractivity contribution < 1.29 is 13.9 Å². The Bertz CT molecular complexity index is 703. The number of ether oxygens (including phenoxy) is 1. The number of morpholine rings is 1. The maximum atomic E-state index is 12.9. The molecular weight excluding hydrogens is 345 g/mol. The summed E-state index contributed by atoms with van der Waals surface area (Å²) in [4.78, 5) is 14.7. The second-order valence-corrected chi connectivity index (χ2v) is 6.65. The van der Waals surface area contributed by atoms with Gasteiger partial charge in [-0.2, -0.15) is 0 Å². The largest absolute Gasteiger partial charge is 0.379 e. The fraction of sp³-hybridized carbons (Fsp3) is 0.381. The number of hydrogen-bond donors (Lipinski definition) is 2. The third kappa shape index (κ3) is 6.34. The normalized spacial score (nSPS) is 15.9. The average molecular weight is 371 g/mol. The molecule has 0 spiro atoms. The summed E-state index contributed by atoms with van der Waals surface area (Å²) in [6.07, 6.45) is 0.660. The number of nitrogens with zero attached hydrogens (tertiary/aromatic N) is 1. The molecule has 0 radical (unpaired) electrons. The summed E-state index contributed by atoms with van der Waals surface area (Å²) in [5.74, 6) is -0.252. The molecule has 2 aromatic carbocycles. The van der Waals surface area contributed by atoms with Crippen LogP contribution in [0, 0.1) is 5.82 Å². The van der Waals surface area contributed by atoms with Gasteiger partial charge in [-0.3, -0.25) is 4.90 Å². The lowest BCUT2D eigenvalue weighted by Crippen LogP contribution is -2.45. The minimum absolute atomic E-state index is 0.0879. The van der Waals surface area contributed by atoms with Gasteiger partial charge < -0.3 is 15.4 Å². The summed E-state index contributed by atoms with van der Waals surface area (Å²) in [5, 5.41) is 5.98. The van der Waals surface area contributed by atoms with E-state index in [1.807, 2.05) is 30.3 Å². The van der Waals surface area contributed by atoms with E-state index in [4.69, 9.17) is 4.74 Å². The second kappa shape index (κ2) is 10.0. The number of benzene rings is 2. The fourth-order valence-corrected chi connectivity index (χ4v) is 3.14. The summed E-state index contributed by atoms with van der Waals surface area (Å²) in [5.41, 5.74) is 2.07. The van der Waals surface area contributed by atoms with Crippen LogP contribution in [0.15, 0.2) is 54.6 Å². The van der Waals surface area contributed by atoms with Crippen molar-refractivity contribution in [1.29, 1.82) is 0 Å². The first-order chi connectivity index (χ1) is 13.2. The summed E-state index contributed by atoms with van der Waals surface area (Å²) in [6.45, 7) is 4.44. The maximum Gasteiger partial charge on any atom is 0.315 e. The zero-order chi connectivity index (χ0) is 18.9. The first-order valence-corrected chi connectivity index (χ1v) is 9.34. The van der Waals surface area contributed by atoms with Crippen molar-refractivity contribution in [2.75, 3.05) is 39.4 Å². The van der Waals surface area contributed by atoms with E-state index in [0.29, 0.717) is 13.0 Å². The van der Waals surface area contributed by atoms with Crippen molar-refractivity contribution >= 4 is 6.03 Å². The molecule has 1 unspecified atom stereocenters. The molecule has 2 N–H and O–H groups in total. The van der Waals surface area contributed by atoms with E-state index in [2.05, 4.69) is 15.5 Å². The Kier molecular flexibility index (Phi) is 7.19. The highest BCUT2D eigenvalue weighted by Gasteiger charge is 2.19. The number of halogens is 1. The number of amides is 2. The predicted octanol–water partition coefficient (Wildman–Crippen LogP) is 2.74. The van der Waals surface area contributed by atoms with Crippen LogP contribution in [0.4, 0.5) is 9.18 Å². The lowest BCUT2D eigenvalue weighted by atomic mass is 10.1. The quantitative estimate of drug-likeness (QED) is 0.787. The van der Waals surface area contributed by atoms with Crippen LogP contribution in [-0.4, -0.2) is 50.3 Å². The highest BCUT2D eigenvalue weighted by molar-refractivity contribution is 5.74. The second-order valence-electron chi connectivity index (χ2n) is 6.65. The first-order valence-electron chi connectivity index (χ1n) is 9.34. The summed E-state index contributed by atoms with van der Waals surface area (Å²) in [6, 6.07) is 16.1. The molecule has 1 aliphatic rings. The van der Waals surface area contributed by atoms with Crippen LogP contribution >= 0.6 is 0 Å². The molecule has 6 heteroatoms. The number of urea groups is 1. The molecule has 0 saturated carbocycles. The van der Waals surface area contributed by atoms with Gasteiger partial charge in [0.25, 0.3) is 0 Å². The number of hydrogen-bond acceptors (Lipinski definition) is 3. The molecule has 0 bridgehead atoms. The van der Waals surface area contributed by atoms with Gasteiger partial charge in [0.1, 0.15) is 5.82 Å². The molecule has 3 rings (SSSR count). The standard InChI is InChI=1S/C21H26FN3O2/c22-19-8-6-17(7-9-19)10-11-23-21(26)24-20(18-4-2-1-3-5-18)16-25-12-14-27-15-13-25/h1-9,20H,10-16H2,(H2,23,24,26). The molecule has 0 aliphatic carbocycles. The Morgan fingerprint density at radius 1 is 1.07 bits per heavy atom. The average Bonchev–Trinajstić information content (AvgIpc) is 2.70. The van der Waals surface area contributed by atoms with Gasteiger partial charge in [0.15, 0.2) is 0 Å². The Hall–Kier alpha value is -2.44. The molecule has 5 nitrogen and oxygen atoms in total. The van der Waals surface area contributed by atoms with Crippen molar-refractivity contribution in [2.45, 2.75) is 12.5 Å². The first kappa shape index (κ1) is 19.3. The minimum atomic E-state index is -0.252. The maximum absolute atomic E-state index is 12.9. The Morgan fingerprint density at radius 2 is 1.78 bits per heavy atom. The van der Waals surface area contributed by atoms with Crippen LogP contribution in [0.2, 0.25) is 0 Å². The van der Waals surface area contributed by atoms with Crippen LogP contribution < -0.4 is 10.6 Å². The molecule has 1 heterocycles. The summed E-state index contributed by atoms with van der Waals surface area (Å²) >= 11 is 0. The van der Waals surface area contributed by atoms with Crippen molar-refractivity contribution in [3.8, 4) is 0 Å². The van der Waals surface area contributed by atoms with Crippen LogP contribution in [0.25, 0.3) is 0 Å². The van der Waals surface area contributed by atoms with Gasteiger partial charge in [-0.15, -0.1) is 0 Å². The molecule has 2 aromatic rings. The highest BCUT2D eigenvalue weighted by atomic mass is 19.1. The van der Waals surface area contributed by atoms with Gasteiger partial charge >= 0.3 is 6.03 Å². The van der Waals surface area contributed by atoms with Crippen LogP contribution in [0.5, 0.6) is 0 Å². The lowest BCUT2D eigenvalue weighted by molar-refractivity contribution is 0.0340. The van der Waals surface area contributed by atoms with Crippen molar-refractivity contribution in [3.05, 3.63) is 71.5 Å². The Morgan fingerprint density at radius 3 is 2.48 bits per heavy atom. The number of nitrogens with one attached hydrogen (secondary N) is 2. The molecule has 0 aromatic heterocycles. The van der Waals surface area contributed by atoms with E-state index >= 15 is 0 Å². The van der Waals surface area contributed by atoms with Crippen molar-refractivity contribution in [2.24, 2.45) is 0 Å². The zero-order valence-electron chi connectivity index (χ0n) is 15.4. The molecule has 2 amide bonds. The molecule has 1 aliphatic heterocycles. The fourth-order valence-electron chi connectivity index (χ4n) is 3.14. The number of carbonyl (C=O) groups excluding carboxylic acids is 1. The molecule has 1 fully saturated rings. The van der Waals surface area contributed by atoms with Crippen LogP contribution in [0.3, 0.4) is 0 Å². The van der Waals surface area contributed by atoms with Gasteiger partial charge in [-0.25, -0.2) is 9.18 Å². The zero-order valence-corrected chi connectivity index (χ0v) is 15.4. The summed E-state index contributed by atoms with van der Waals surface area (Å²) < 4.78 is 18.3. The van der Waals surface area contributed by atoms with E-state index in [1.54, 1.807) is 12.1 Å². The molecule has 27 heavy (non-hydrogen) atoms. The molecule has 144 valence electrons. The molecular formula is C21H26FN3O2. The van der Waals surface area contributed by atoms with Gasteiger partial charge in [-0.05, 0) is 29.7 Å². The summed E-state index contributed by atoms with van der Waals surface area (Å²) in [7, 11) is 0. The number of rotatable bonds is 7. The van der Waals surface area contributed by atoms with E-state index in [1.165, 1.54) is 12.1 Å². The lowest BCUT2D eigenvalue weighted by Gasteiger charge is -2.31. The number of carbonyl (C=O) groups is 1. The molecule has 1 saturated heterocycles. The Balaban J connectivity index is 1.52. The van der Waals surface area contributed by atoms with E-state index in [-0.39, 0.29) is 17.9 Å². The van der Waals surface area contributed by atoms with Crippen molar-refractivity contribution in [3.63, 3.8) is 0 Å². The highest BCUT2D eigenvalue weighted by Crippen LogP contribution is 2.15. The predicted molar refractivity (Wildman–Crippen MR) is 103 cm³/mol. The van der Waals surface area contributed by atoms with Gasteiger partial charge in [0.05, 0.1) is 19.3 Å². The minimum Gasteiger partial charge on any atom is -0.379 e. The van der Waals surface area contributed by atoms with E-state index < -0.39 is 0 Å². The van der Waals surface area contributed by atoms with Gasteiger partial charge in [0, 0.05) is 26.2 Å². The topological polar surface area (TPSA) is 53.6 Å². The monoisotopic (exact) mass is 371 g/mol. The van der Waals surface area contributed by atoms with Crippen molar-refractivity contribution in [1.82, 2.24) is 15.5 Å². The van der Waals surface area contributed by atoms with E-state index in [9.17, 15) is 9.18 Å². The smallest absolute Gasteiger partial charge is 0.315 e.